The maximum Gasteiger partial charge on any atom is 0.368 e. The Labute approximate surface area is 135 Å². The van der Waals surface area contributed by atoms with Gasteiger partial charge in [0.15, 0.2) is 0 Å². The van der Waals surface area contributed by atoms with Crippen molar-refractivity contribution in [3.05, 3.63) is 80.4 Å². The van der Waals surface area contributed by atoms with Gasteiger partial charge in [-0.05, 0) is 17.7 Å². The smallest absolute Gasteiger partial charge is 0.312 e. The highest BCUT2D eigenvalue weighted by atomic mass is 35.5. The highest BCUT2D eigenvalue weighted by Crippen LogP contribution is 2.27. The minimum Gasteiger partial charge on any atom is -0.312 e. The van der Waals surface area contributed by atoms with Gasteiger partial charge in [-0.3, -0.25) is 10.1 Å². The fourth-order valence-corrected chi connectivity index (χ4v) is 2.33. The third kappa shape index (κ3) is 2.97. The number of hydrogen-bond donors (Lipinski definition) is 0. The Hall–Kier alpha value is -2.99. The van der Waals surface area contributed by atoms with Crippen LogP contribution < -0.4 is 0 Å². The van der Waals surface area contributed by atoms with E-state index in [0.717, 1.165) is 0 Å². The zero-order valence-electron chi connectivity index (χ0n) is 11.6. The Balaban J connectivity index is 2.04. The first-order chi connectivity index (χ1) is 11.1. The molecule has 0 atom stereocenters. The summed E-state index contributed by atoms with van der Waals surface area (Å²) in [6, 6.07) is 13.3. The molecule has 1 aliphatic rings. The summed E-state index contributed by atoms with van der Waals surface area (Å²) in [5.74, 6) is -0.610. The van der Waals surface area contributed by atoms with E-state index in [0.29, 0.717) is 16.8 Å². The van der Waals surface area contributed by atoms with Crippen LogP contribution in [-0.4, -0.2) is 16.6 Å². The summed E-state index contributed by atoms with van der Waals surface area (Å²) in [7, 11) is 0. The van der Waals surface area contributed by atoms with Gasteiger partial charge in [-0.25, -0.2) is 4.79 Å². The van der Waals surface area contributed by atoms with Gasteiger partial charge in [0.25, 0.3) is 5.69 Å². The topological polar surface area (TPSA) is 81.8 Å². The van der Waals surface area contributed by atoms with Crippen LogP contribution in [0.3, 0.4) is 0 Å². The number of halogens is 1. The fourth-order valence-electron chi connectivity index (χ4n) is 2.14. The van der Waals surface area contributed by atoms with Crippen molar-refractivity contribution in [2.75, 3.05) is 0 Å². The van der Waals surface area contributed by atoms with Gasteiger partial charge in [-0.15, -0.1) is 0 Å². The zero-order valence-corrected chi connectivity index (χ0v) is 12.4. The number of hydrogen-bond acceptors (Lipinski definition) is 5. The van der Waals surface area contributed by atoms with Crippen LogP contribution in [0.5, 0.6) is 0 Å². The number of rotatable bonds is 3. The van der Waals surface area contributed by atoms with E-state index >= 15 is 0 Å². The van der Waals surface area contributed by atoms with Gasteiger partial charge in [0.05, 0.1) is 10.5 Å². The van der Waals surface area contributed by atoms with Gasteiger partial charge in [0.1, 0.15) is 10.7 Å². The van der Waals surface area contributed by atoms with Crippen LogP contribution in [0.2, 0.25) is 5.02 Å². The van der Waals surface area contributed by atoms with Crippen LogP contribution in [0.1, 0.15) is 11.1 Å². The average Bonchev–Trinajstić information content (AvgIpc) is 2.91. The summed E-state index contributed by atoms with van der Waals surface area (Å²) in [5, 5.41) is 14.8. The Morgan fingerprint density at radius 1 is 1.17 bits per heavy atom. The molecular weight excluding hydrogens is 320 g/mol. The molecule has 7 heteroatoms. The van der Waals surface area contributed by atoms with Crippen LogP contribution in [0.25, 0.3) is 6.08 Å². The number of nitro groups is 1. The van der Waals surface area contributed by atoms with Crippen LogP contribution >= 0.6 is 11.6 Å². The lowest BCUT2D eigenvalue weighted by Gasteiger charge is -2.01. The molecule has 0 aromatic heterocycles. The largest absolute Gasteiger partial charge is 0.368 e. The normalized spacial score (nSPS) is 15.4. The number of oxime groups is 1. The lowest BCUT2D eigenvalue weighted by atomic mass is 10.0. The molecule has 0 N–H and O–H groups in total. The van der Waals surface area contributed by atoms with Crippen LogP contribution in [-0.2, 0) is 9.63 Å². The lowest BCUT2D eigenvalue weighted by molar-refractivity contribution is -0.384. The molecule has 0 unspecified atom stereocenters. The van der Waals surface area contributed by atoms with Gasteiger partial charge in [0, 0.05) is 11.6 Å². The SMILES string of the molecule is O=C1ON=C(c2ccccc2)/C1=C/c1ccc(Cl)c([N+](=O)[O-])c1. The average molecular weight is 329 g/mol. The number of benzene rings is 2. The number of carbonyl (C=O) groups is 1. The maximum absolute atomic E-state index is 11.9. The molecule has 3 rings (SSSR count). The molecule has 0 spiro atoms. The summed E-state index contributed by atoms with van der Waals surface area (Å²) in [6.45, 7) is 0. The molecular formula is C16H9ClN2O4. The predicted molar refractivity (Wildman–Crippen MR) is 85.2 cm³/mol. The second-order valence-corrected chi connectivity index (χ2v) is 5.12. The van der Waals surface area contributed by atoms with Crippen molar-refractivity contribution in [1.82, 2.24) is 0 Å². The van der Waals surface area contributed by atoms with Crippen molar-refractivity contribution in [3.8, 4) is 0 Å². The molecule has 0 saturated carbocycles. The third-order valence-corrected chi connectivity index (χ3v) is 3.54. The monoisotopic (exact) mass is 328 g/mol. The van der Waals surface area contributed by atoms with E-state index in [1.165, 1.54) is 18.2 Å². The van der Waals surface area contributed by atoms with Gasteiger partial charge in [-0.2, -0.15) is 0 Å². The van der Waals surface area contributed by atoms with E-state index < -0.39 is 10.9 Å². The molecule has 1 heterocycles. The van der Waals surface area contributed by atoms with Crippen LogP contribution in [0.15, 0.2) is 59.3 Å². The molecule has 1 aliphatic heterocycles. The van der Waals surface area contributed by atoms with E-state index in [2.05, 4.69) is 5.16 Å². The minimum absolute atomic E-state index is 0.0306. The molecule has 2 aromatic carbocycles. The van der Waals surface area contributed by atoms with E-state index in [1.807, 2.05) is 18.2 Å². The standard InChI is InChI=1S/C16H9ClN2O4/c17-13-7-6-10(9-14(13)19(21)22)8-12-15(18-23-16(12)20)11-4-2-1-3-5-11/h1-9H/b12-8-. The van der Waals surface area contributed by atoms with Crippen LogP contribution in [0, 0.1) is 10.1 Å². The summed E-state index contributed by atoms with van der Waals surface area (Å²) >= 11 is 5.78. The highest BCUT2D eigenvalue weighted by Gasteiger charge is 2.27. The maximum atomic E-state index is 11.9. The molecule has 0 fully saturated rings. The molecule has 0 radical (unpaired) electrons. The molecule has 0 aliphatic carbocycles. The van der Waals surface area contributed by atoms with E-state index in [-0.39, 0.29) is 16.3 Å². The lowest BCUT2D eigenvalue weighted by Crippen LogP contribution is -2.06. The van der Waals surface area contributed by atoms with Gasteiger partial charge in [0.2, 0.25) is 0 Å². The summed E-state index contributed by atoms with van der Waals surface area (Å²) < 4.78 is 0. The Morgan fingerprint density at radius 3 is 2.61 bits per heavy atom. The van der Waals surface area contributed by atoms with E-state index in [4.69, 9.17) is 16.4 Å². The van der Waals surface area contributed by atoms with Crippen molar-refractivity contribution >= 4 is 35.0 Å². The Bertz CT molecular complexity index is 860. The van der Waals surface area contributed by atoms with Crippen LogP contribution in [0.4, 0.5) is 5.69 Å². The van der Waals surface area contributed by atoms with E-state index in [9.17, 15) is 14.9 Å². The van der Waals surface area contributed by atoms with Crippen molar-refractivity contribution in [2.24, 2.45) is 5.16 Å². The van der Waals surface area contributed by atoms with Crippen molar-refractivity contribution in [3.63, 3.8) is 0 Å². The number of nitrogens with zero attached hydrogens (tertiary/aromatic N) is 2. The molecule has 6 nitrogen and oxygen atoms in total. The molecule has 0 amide bonds. The van der Waals surface area contributed by atoms with Crippen molar-refractivity contribution in [2.45, 2.75) is 0 Å². The summed E-state index contributed by atoms with van der Waals surface area (Å²) in [5.41, 5.74) is 1.55. The molecule has 2 aromatic rings. The number of carbonyl (C=O) groups excluding carboxylic acids is 1. The Kier molecular flexibility index (Phi) is 3.91. The highest BCUT2D eigenvalue weighted by molar-refractivity contribution is 6.33. The van der Waals surface area contributed by atoms with Gasteiger partial charge in [-0.1, -0.05) is 53.2 Å². The fraction of sp³-hybridized carbons (Fsp3) is 0. The predicted octanol–water partition coefficient (Wildman–Crippen LogP) is 3.59. The number of nitro benzene ring substituents is 1. The van der Waals surface area contributed by atoms with Gasteiger partial charge >= 0.3 is 5.97 Å². The second-order valence-electron chi connectivity index (χ2n) is 4.71. The van der Waals surface area contributed by atoms with Crippen molar-refractivity contribution < 1.29 is 14.6 Å². The molecule has 0 saturated heterocycles. The minimum atomic E-state index is -0.610. The first-order valence-electron chi connectivity index (χ1n) is 6.57. The zero-order chi connectivity index (χ0) is 16.4. The van der Waals surface area contributed by atoms with E-state index in [1.54, 1.807) is 18.2 Å². The second kappa shape index (κ2) is 6.02. The third-order valence-electron chi connectivity index (χ3n) is 3.22. The summed E-state index contributed by atoms with van der Waals surface area (Å²) in [4.78, 5) is 27.0. The molecule has 23 heavy (non-hydrogen) atoms. The summed E-state index contributed by atoms with van der Waals surface area (Å²) in [6.07, 6.45) is 1.49. The first kappa shape index (κ1) is 14.9. The molecule has 0 bridgehead atoms. The molecule has 114 valence electrons. The Morgan fingerprint density at radius 2 is 1.91 bits per heavy atom. The quantitative estimate of drug-likeness (QED) is 0.373. The van der Waals surface area contributed by atoms with Crippen molar-refractivity contribution in [1.29, 1.82) is 0 Å². The first-order valence-corrected chi connectivity index (χ1v) is 6.95. The van der Waals surface area contributed by atoms with Gasteiger partial charge < -0.3 is 4.84 Å².